The molecule has 5 nitrogen and oxygen atoms in total. The lowest BCUT2D eigenvalue weighted by atomic mass is 9.99. The number of carbonyl (C=O) groups is 2. The first-order valence-electron chi connectivity index (χ1n) is 10.5. The van der Waals surface area contributed by atoms with Crippen molar-refractivity contribution in [2.45, 2.75) is 19.9 Å². The second-order valence-electron chi connectivity index (χ2n) is 7.80. The molecule has 0 fully saturated rings. The van der Waals surface area contributed by atoms with Gasteiger partial charge in [0.1, 0.15) is 6.04 Å². The molecule has 31 heavy (non-hydrogen) atoms. The van der Waals surface area contributed by atoms with E-state index in [1.54, 1.807) is 7.05 Å². The van der Waals surface area contributed by atoms with Crippen LogP contribution in [0, 0.1) is 13.8 Å². The van der Waals surface area contributed by atoms with Crippen LogP contribution in [0.2, 0.25) is 0 Å². The quantitative estimate of drug-likeness (QED) is 0.593. The molecule has 0 aliphatic rings. The zero-order chi connectivity index (χ0) is 22.2. The molecule has 3 N–H and O–H groups in total. The molecule has 160 valence electrons. The Morgan fingerprint density at radius 1 is 0.839 bits per heavy atom. The Bertz CT molecular complexity index is 960. The van der Waals surface area contributed by atoms with Gasteiger partial charge in [-0.3, -0.25) is 9.59 Å². The van der Waals surface area contributed by atoms with Gasteiger partial charge in [-0.05, 0) is 25.0 Å². The maximum absolute atomic E-state index is 12.7. The summed E-state index contributed by atoms with van der Waals surface area (Å²) in [4.78, 5) is 26.7. The van der Waals surface area contributed by atoms with Crippen LogP contribution in [0.25, 0.3) is 0 Å². The Labute approximate surface area is 184 Å². The summed E-state index contributed by atoms with van der Waals surface area (Å²) in [5, 5.41) is 4.96. The lowest BCUT2D eigenvalue weighted by molar-refractivity contribution is -0.677. The van der Waals surface area contributed by atoms with Crippen molar-refractivity contribution in [2.75, 3.05) is 25.5 Å². The monoisotopic (exact) mass is 416 g/mol. The van der Waals surface area contributed by atoms with E-state index in [9.17, 15) is 9.59 Å². The average molecular weight is 417 g/mol. The molecular weight excluding hydrogens is 386 g/mol. The topological polar surface area (TPSA) is 66.0 Å². The van der Waals surface area contributed by atoms with Crippen LogP contribution >= 0.6 is 0 Å². The zero-order valence-corrected chi connectivity index (χ0v) is 18.3. The van der Waals surface area contributed by atoms with Crippen LogP contribution in [0.15, 0.2) is 78.9 Å². The molecule has 2 amide bonds. The first-order valence-corrected chi connectivity index (χ1v) is 10.5. The van der Waals surface area contributed by atoms with Gasteiger partial charge in [-0.15, -0.1) is 0 Å². The van der Waals surface area contributed by atoms with E-state index in [4.69, 9.17) is 0 Å². The van der Waals surface area contributed by atoms with Gasteiger partial charge < -0.3 is 15.5 Å². The van der Waals surface area contributed by atoms with Gasteiger partial charge in [0.25, 0.3) is 5.91 Å². The summed E-state index contributed by atoms with van der Waals surface area (Å²) >= 11 is 0. The Kier molecular flexibility index (Phi) is 7.57. The number of nitrogens with zero attached hydrogens (tertiary/aromatic N) is 1. The van der Waals surface area contributed by atoms with Crippen molar-refractivity contribution in [1.29, 1.82) is 0 Å². The minimum absolute atomic E-state index is 0.0157. The van der Waals surface area contributed by atoms with E-state index in [1.165, 1.54) is 4.90 Å². The van der Waals surface area contributed by atoms with Crippen LogP contribution in [0.5, 0.6) is 0 Å². The van der Waals surface area contributed by atoms with Crippen LogP contribution < -0.4 is 10.6 Å². The molecule has 0 radical (unpaired) electrons. The molecule has 0 aromatic heterocycles. The average Bonchev–Trinajstić information content (AvgIpc) is 2.78. The zero-order valence-electron chi connectivity index (χ0n) is 18.3. The highest BCUT2D eigenvalue weighted by Crippen LogP contribution is 2.19. The van der Waals surface area contributed by atoms with Crippen molar-refractivity contribution in [3.8, 4) is 0 Å². The van der Waals surface area contributed by atoms with Gasteiger partial charge in [0.15, 0.2) is 6.54 Å². The van der Waals surface area contributed by atoms with Crippen molar-refractivity contribution in [3.63, 3.8) is 0 Å². The summed E-state index contributed by atoms with van der Waals surface area (Å²) < 4.78 is 0. The second-order valence-corrected chi connectivity index (χ2v) is 7.80. The fraction of sp³-hybridized carbons (Fsp3) is 0.231. The summed E-state index contributed by atoms with van der Waals surface area (Å²) in [6.45, 7) is 4.18. The van der Waals surface area contributed by atoms with Crippen LogP contribution in [-0.2, 0) is 9.59 Å². The number of anilines is 1. The predicted molar refractivity (Wildman–Crippen MR) is 124 cm³/mol. The minimum atomic E-state index is -0.198. The highest BCUT2D eigenvalue weighted by atomic mass is 16.2. The molecule has 0 atom stereocenters. The third-order valence-electron chi connectivity index (χ3n) is 5.40. The Hall–Kier alpha value is -3.44. The van der Waals surface area contributed by atoms with Gasteiger partial charge in [0.05, 0.1) is 6.54 Å². The van der Waals surface area contributed by atoms with E-state index in [-0.39, 0.29) is 30.9 Å². The number of nitrogens with one attached hydrogen (secondary N) is 1. The van der Waals surface area contributed by atoms with E-state index >= 15 is 0 Å². The molecule has 3 aromatic rings. The highest BCUT2D eigenvalue weighted by molar-refractivity contribution is 5.95. The third kappa shape index (κ3) is 6.03. The van der Waals surface area contributed by atoms with Gasteiger partial charge in [-0.1, -0.05) is 78.9 Å². The van der Waals surface area contributed by atoms with Crippen molar-refractivity contribution in [2.24, 2.45) is 0 Å². The van der Waals surface area contributed by atoms with E-state index in [2.05, 4.69) is 29.6 Å². The first kappa shape index (κ1) is 22.2. The number of hydrogen-bond acceptors (Lipinski definition) is 2. The van der Waals surface area contributed by atoms with E-state index in [0.29, 0.717) is 0 Å². The van der Waals surface area contributed by atoms with Crippen molar-refractivity contribution in [1.82, 2.24) is 4.90 Å². The van der Waals surface area contributed by atoms with Crippen LogP contribution in [-0.4, -0.2) is 36.9 Å². The summed E-state index contributed by atoms with van der Waals surface area (Å²) in [5.74, 6) is -0.288. The summed E-state index contributed by atoms with van der Waals surface area (Å²) in [6.07, 6.45) is 0. The van der Waals surface area contributed by atoms with Crippen molar-refractivity contribution in [3.05, 3.63) is 101 Å². The molecule has 3 aromatic carbocycles. The van der Waals surface area contributed by atoms with Crippen molar-refractivity contribution < 1.29 is 14.9 Å². The first-order chi connectivity index (χ1) is 15.0. The Morgan fingerprint density at radius 3 is 1.87 bits per heavy atom. The molecule has 5 heteroatoms. The number of amides is 2. The van der Waals surface area contributed by atoms with Crippen molar-refractivity contribution >= 4 is 17.5 Å². The summed E-state index contributed by atoms with van der Waals surface area (Å²) in [7, 11) is 1.67. The molecule has 3 rings (SSSR count). The number of quaternary nitrogens is 1. The number of likely N-dealkylation sites (N-methyl/N-ethyl adjacent to an activating group) is 1. The van der Waals surface area contributed by atoms with Crippen LogP contribution in [0.4, 0.5) is 5.69 Å². The van der Waals surface area contributed by atoms with Gasteiger partial charge in [0.2, 0.25) is 5.91 Å². The molecule has 0 heterocycles. The molecule has 0 saturated carbocycles. The SMILES string of the molecule is Cc1cccc(C)c1NC(=O)CN(C)C(=O)C[NH2+]C(c1ccccc1)c1ccccc1. The number of aryl methyl sites for hydroxylation is 2. The number of benzene rings is 3. The van der Waals surface area contributed by atoms with Crippen LogP contribution in [0.1, 0.15) is 28.3 Å². The predicted octanol–water partition coefficient (Wildman–Crippen LogP) is 3.05. The second kappa shape index (κ2) is 10.5. The van der Waals surface area contributed by atoms with Gasteiger partial charge in [-0.2, -0.15) is 0 Å². The highest BCUT2D eigenvalue weighted by Gasteiger charge is 2.21. The van der Waals surface area contributed by atoms with E-state index < -0.39 is 0 Å². The van der Waals surface area contributed by atoms with E-state index in [0.717, 1.165) is 27.9 Å². The maximum atomic E-state index is 12.7. The normalized spacial score (nSPS) is 10.7. The number of hydrogen-bond donors (Lipinski definition) is 2. The molecule has 0 bridgehead atoms. The molecule has 0 saturated heterocycles. The standard InChI is InChI=1S/C26H29N3O2/c1-19-11-10-12-20(2)25(19)28-23(30)18-29(3)24(31)17-27-26(21-13-6-4-7-14-21)22-15-8-5-9-16-22/h4-16,26-27H,17-18H2,1-3H3,(H,28,30)/p+1. The lowest BCUT2D eigenvalue weighted by Crippen LogP contribution is -2.87. The minimum Gasteiger partial charge on any atom is -0.332 e. The number of carbonyl (C=O) groups excluding carboxylic acids is 2. The fourth-order valence-corrected chi connectivity index (χ4v) is 3.65. The largest absolute Gasteiger partial charge is 0.332 e. The smallest absolute Gasteiger partial charge is 0.277 e. The molecule has 0 aliphatic carbocycles. The summed E-state index contributed by atoms with van der Waals surface area (Å²) in [6, 6.07) is 26.2. The lowest BCUT2D eigenvalue weighted by Gasteiger charge is -2.20. The molecule has 0 spiro atoms. The fourth-order valence-electron chi connectivity index (χ4n) is 3.65. The summed E-state index contributed by atoms with van der Waals surface area (Å²) in [5.41, 5.74) is 5.09. The van der Waals surface area contributed by atoms with Gasteiger partial charge >= 0.3 is 0 Å². The number of nitrogens with two attached hydrogens (primary N) is 1. The molecule has 0 unspecified atom stereocenters. The van der Waals surface area contributed by atoms with Gasteiger partial charge in [0, 0.05) is 23.9 Å². The Balaban J connectivity index is 1.61. The third-order valence-corrected chi connectivity index (χ3v) is 5.40. The Morgan fingerprint density at radius 2 is 1.35 bits per heavy atom. The number of para-hydroxylation sites is 1. The van der Waals surface area contributed by atoms with Gasteiger partial charge in [-0.25, -0.2) is 0 Å². The molecular formula is C26H30N3O2+. The van der Waals surface area contributed by atoms with Crippen LogP contribution in [0.3, 0.4) is 0 Å². The number of rotatable bonds is 8. The maximum Gasteiger partial charge on any atom is 0.277 e. The van der Waals surface area contributed by atoms with E-state index in [1.807, 2.05) is 73.8 Å². The molecule has 0 aliphatic heterocycles.